The molecule has 0 spiro atoms. The molecule has 0 N–H and O–H groups in total. The van der Waals surface area contributed by atoms with Crippen molar-refractivity contribution in [3.8, 4) is 0 Å². The molecule has 0 saturated heterocycles. The Labute approximate surface area is 99.6 Å². The largest absolute Gasteiger partial charge is 0.449 e. The molecule has 0 atom stereocenters. The first kappa shape index (κ1) is 11.7. The average molecular weight is 322 g/mol. The van der Waals surface area contributed by atoms with Crippen molar-refractivity contribution in [2.24, 2.45) is 5.92 Å². The van der Waals surface area contributed by atoms with Gasteiger partial charge in [-0.15, -0.1) is 0 Å². The average Bonchev–Trinajstić information content (AvgIpc) is 2.41. The van der Waals surface area contributed by atoms with Gasteiger partial charge in [-0.1, -0.05) is 13.8 Å². The minimum Gasteiger partial charge on any atom is -0.449 e. The molecule has 0 radical (unpaired) electrons. The Balaban J connectivity index is 3.00. The first-order chi connectivity index (χ1) is 6.54. The number of hydrogen-bond acceptors (Lipinski definition) is 2. The maximum atomic E-state index is 10.7. The summed E-state index contributed by atoms with van der Waals surface area (Å²) in [6.45, 7) is 3.93. The zero-order chi connectivity index (χ0) is 10.7. The summed E-state index contributed by atoms with van der Waals surface area (Å²) in [6.07, 6.45) is 2.60. The van der Waals surface area contributed by atoms with Crippen molar-refractivity contribution in [2.75, 3.05) is 0 Å². The molecule has 4 heteroatoms. The zero-order valence-corrected chi connectivity index (χ0v) is 11.1. The highest BCUT2D eigenvalue weighted by Crippen LogP contribution is 2.28. The van der Waals surface area contributed by atoms with Crippen molar-refractivity contribution in [1.82, 2.24) is 0 Å². The predicted octanol–water partition coefficient (Wildman–Crippen LogP) is 4.04. The molecule has 1 aromatic rings. The van der Waals surface area contributed by atoms with Crippen LogP contribution in [0.5, 0.6) is 0 Å². The van der Waals surface area contributed by atoms with Crippen molar-refractivity contribution < 1.29 is 9.21 Å². The smallest absolute Gasteiger partial charge is 0.184 e. The maximum absolute atomic E-state index is 10.7. The fourth-order valence-electron chi connectivity index (χ4n) is 0.935. The number of rotatable bonds is 3. The molecule has 0 fully saturated rings. The van der Waals surface area contributed by atoms with Crippen LogP contribution in [0.3, 0.4) is 0 Å². The number of halogens is 2. The first-order valence-electron chi connectivity index (χ1n) is 4.16. The van der Waals surface area contributed by atoms with Gasteiger partial charge in [0.2, 0.25) is 0 Å². The SMILES string of the molecule is CC(C)C(C=O)=Cc1cc(Br)c(Br)o1. The van der Waals surface area contributed by atoms with Crippen molar-refractivity contribution in [3.05, 3.63) is 26.5 Å². The predicted molar refractivity (Wildman–Crippen MR) is 63.0 cm³/mol. The summed E-state index contributed by atoms with van der Waals surface area (Å²) in [6, 6.07) is 1.82. The maximum Gasteiger partial charge on any atom is 0.184 e. The molecule has 1 rings (SSSR count). The van der Waals surface area contributed by atoms with Gasteiger partial charge in [-0.2, -0.15) is 0 Å². The second kappa shape index (κ2) is 4.94. The second-order valence-electron chi connectivity index (χ2n) is 3.19. The van der Waals surface area contributed by atoms with E-state index in [4.69, 9.17) is 4.42 Å². The zero-order valence-electron chi connectivity index (χ0n) is 7.88. The molecule has 2 nitrogen and oxygen atoms in total. The molecular weight excluding hydrogens is 312 g/mol. The van der Waals surface area contributed by atoms with Crippen LogP contribution in [0.1, 0.15) is 19.6 Å². The molecule has 0 saturated carbocycles. The van der Waals surface area contributed by atoms with Crippen LogP contribution >= 0.6 is 31.9 Å². The third-order valence-corrected chi connectivity index (χ3v) is 3.49. The Kier molecular flexibility index (Phi) is 4.13. The summed E-state index contributed by atoms with van der Waals surface area (Å²) >= 11 is 6.54. The second-order valence-corrected chi connectivity index (χ2v) is 4.76. The lowest BCUT2D eigenvalue weighted by atomic mass is 10.0. The molecule has 14 heavy (non-hydrogen) atoms. The molecule has 0 unspecified atom stereocenters. The van der Waals surface area contributed by atoms with Gasteiger partial charge in [-0.25, -0.2) is 0 Å². The number of allylic oxidation sites excluding steroid dienone is 1. The van der Waals surface area contributed by atoms with E-state index < -0.39 is 0 Å². The fourth-order valence-corrected chi connectivity index (χ4v) is 1.54. The Morgan fingerprint density at radius 2 is 2.14 bits per heavy atom. The molecule has 0 amide bonds. The van der Waals surface area contributed by atoms with E-state index in [2.05, 4.69) is 31.9 Å². The number of carbonyl (C=O) groups excluding carboxylic acids is 1. The molecule has 1 aromatic heterocycles. The summed E-state index contributed by atoms with van der Waals surface area (Å²) in [5.41, 5.74) is 0.721. The van der Waals surface area contributed by atoms with E-state index in [-0.39, 0.29) is 5.92 Å². The van der Waals surface area contributed by atoms with E-state index >= 15 is 0 Å². The van der Waals surface area contributed by atoms with Gasteiger partial charge < -0.3 is 4.42 Å². The van der Waals surface area contributed by atoms with Crippen molar-refractivity contribution >= 4 is 44.2 Å². The fraction of sp³-hybridized carbons (Fsp3) is 0.300. The van der Waals surface area contributed by atoms with Gasteiger partial charge in [0.1, 0.15) is 12.0 Å². The number of hydrogen-bond donors (Lipinski definition) is 0. The van der Waals surface area contributed by atoms with Gasteiger partial charge in [0, 0.05) is 0 Å². The normalized spacial score (nSPS) is 12.2. The van der Waals surface area contributed by atoms with Gasteiger partial charge in [-0.3, -0.25) is 4.79 Å². The minimum absolute atomic E-state index is 0.204. The van der Waals surface area contributed by atoms with Crippen molar-refractivity contribution in [3.63, 3.8) is 0 Å². The number of aldehydes is 1. The van der Waals surface area contributed by atoms with Gasteiger partial charge in [0.15, 0.2) is 4.67 Å². The standard InChI is InChI=1S/C10H10Br2O2/c1-6(2)7(5-13)3-8-4-9(11)10(12)14-8/h3-6H,1-2H3. The lowest BCUT2D eigenvalue weighted by molar-refractivity contribution is -0.105. The molecule has 0 aliphatic rings. The monoisotopic (exact) mass is 320 g/mol. The quantitative estimate of drug-likeness (QED) is 0.621. The highest BCUT2D eigenvalue weighted by atomic mass is 79.9. The minimum atomic E-state index is 0.204. The number of carbonyl (C=O) groups is 1. The highest BCUT2D eigenvalue weighted by molar-refractivity contribution is 9.13. The van der Waals surface area contributed by atoms with Crippen molar-refractivity contribution in [2.45, 2.75) is 13.8 Å². The highest BCUT2D eigenvalue weighted by Gasteiger charge is 2.07. The molecular formula is C10H10Br2O2. The third-order valence-electron chi connectivity index (χ3n) is 1.78. The lowest BCUT2D eigenvalue weighted by Crippen LogP contribution is -1.94. The Morgan fingerprint density at radius 1 is 1.50 bits per heavy atom. The van der Waals surface area contributed by atoms with E-state index in [0.29, 0.717) is 10.4 Å². The Hall–Kier alpha value is -0.350. The van der Waals surface area contributed by atoms with E-state index in [0.717, 1.165) is 16.3 Å². The summed E-state index contributed by atoms with van der Waals surface area (Å²) in [5.74, 6) is 0.870. The van der Waals surface area contributed by atoms with Crippen LogP contribution in [-0.2, 0) is 4.79 Å². The molecule has 76 valence electrons. The summed E-state index contributed by atoms with van der Waals surface area (Å²) in [4.78, 5) is 10.7. The van der Waals surface area contributed by atoms with E-state index in [9.17, 15) is 4.79 Å². The molecule has 1 heterocycles. The summed E-state index contributed by atoms with van der Waals surface area (Å²) < 4.78 is 6.81. The van der Waals surface area contributed by atoms with Crippen LogP contribution in [-0.4, -0.2) is 6.29 Å². The van der Waals surface area contributed by atoms with Gasteiger partial charge in [0.25, 0.3) is 0 Å². The number of furan rings is 1. The topological polar surface area (TPSA) is 30.2 Å². The van der Waals surface area contributed by atoms with Crippen LogP contribution in [0, 0.1) is 5.92 Å². The van der Waals surface area contributed by atoms with Crippen LogP contribution < -0.4 is 0 Å². The summed E-state index contributed by atoms with van der Waals surface area (Å²) in [7, 11) is 0. The van der Waals surface area contributed by atoms with Crippen LogP contribution in [0.4, 0.5) is 0 Å². The third kappa shape index (κ3) is 2.82. The summed E-state index contributed by atoms with van der Waals surface area (Å²) in [5, 5.41) is 0. The molecule has 0 bridgehead atoms. The molecule has 0 aliphatic carbocycles. The Bertz CT molecular complexity index is 345. The van der Waals surface area contributed by atoms with Crippen LogP contribution in [0.15, 0.2) is 25.2 Å². The van der Waals surface area contributed by atoms with E-state index in [1.807, 2.05) is 19.9 Å². The van der Waals surface area contributed by atoms with Crippen LogP contribution in [0.25, 0.3) is 6.08 Å². The first-order valence-corrected chi connectivity index (χ1v) is 5.74. The van der Waals surface area contributed by atoms with Gasteiger partial charge >= 0.3 is 0 Å². The van der Waals surface area contributed by atoms with E-state index in [1.54, 1.807) is 6.08 Å². The van der Waals surface area contributed by atoms with Crippen molar-refractivity contribution in [1.29, 1.82) is 0 Å². The Morgan fingerprint density at radius 3 is 2.50 bits per heavy atom. The van der Waals surface area contributed by atoms with Gasteiger partial charge in [0.05, 0.1) is 4.47 Å². The van der Waals surface area contributed by atoms with Gasteiger partial charge in [-0.05, 0) is 55.5 Å². The molecule has 0 aromatic carbocycles. The van der Waals surface area contributed by atoms with E-state index in [1.165, 1.54) is 0 Å². The molecule has 0 aliphatic heterocycles. The lowest BCUT2D eigenvalue weighted by Gasteiger charge is -2.00. The van der Waals surface area contributed by atoms with Crippen LogP contribution in [0.2, 0.25) is 0 Å².